The van der Waals surface area contributed by atoms with Crippen molar-refractivity contribution in [2.24, 2.45) is 0 Å². The Kier molecular flexibility index (Phi) is 4.14. The summed E-state index contributed by atoms with van der Waals surface area (Å²) in [5.41, 5.74) is 0.803. The van der Waals surface area contributed by atoms with Crippen LogP contribution in [0.1, 0.15) is 12.8 Å². The summed E-state index contributed by atoms with van der Waals surface area (Å²) in [7, 11) is 0. The van der Waals surface area contributed by atoms with E-state index in [2.05, 4.69) is 15.4 Å². The normalized spacial score (nSPS) is 19.6. The summed E-state index contributed by atoms with van der Waals surface area (Å²) in [6, 6.07) is 7.11. The molecule has 0 spiro atoms. The molecule has 0 amide bonds. The van der Waals surface area contributed by atoms with Crippen molar-refractivity contribution in [2.45, 2.75) is 25.5 Å². The van der Waals surface area contributed by atoms with Gasteiger partial charge in [0.25, 0.3) is 0 Å². The lowest BCUT2D eigenvalue weighted by Gasteiger charge is -2.13. The molecule has 17 heavy (non-hydrogen) atoms. The standard InChI is InChI=1S/C12H16F2N2O/c13-12(14)17-11-5-1-3-9(7-11)16-8-10-4-2-6-15-10/h1,3,5,7,10,12,15-16H,2,4,6,8H2. The molecule has 0 bridgehead atoms. The van der Waals surface area contributed by atoms with Crippen LogP contribution >= 0.6 is 0 Å². The Morgan fingerprint density at radius 2 is 2.35 bits per heavy atom. The largest absolute Gasteiger partial charge is 0.435 e. The molecule has 1 saturated heterocycles. The van der Waals surface area contributed by atoms with Gasteiger partial charge in [0.15, 0.2) is 0 Å². The highest BCUT2D eigenvalue weighted by molar-refractivity contribution is 5.48. The second-order valence-corrected chi connectivity index (χ2v) is 4.08. The van der Waals surface area contributed by atoms with Gasteiger partial charge < -0.3 is 15.4 Å². The number of hydrogen-bond donors (Lipinski definition) is 2. The Hall–Kier alpha value is -1.36. The first kappa shape index (κ1) is 12.1. The summed E-state index contributed by atoms with van der Waals surface area (Å²) in [6.07, 6.45) is 2.35. The quantitative estimate of drug-likeness (QED) is 0.832. The maximum absolute atomic E-state index is 12.0. The van der Waals surface area contributed by atoms with E-state index < -0.39 is 6.61 Å². The van der Waals surface area contributed by atoms with Gasteiger partial charge >= 0.3 is 6.61 Å². The number of alkyl halides is 2. The van der Waals surface area contributed by atoms with Crippen molar-refractivity contribution in [1.82, 2.24) is 5.32 Å². The third-order valence-electron chi connectivity index (χ3n) is 2.77. The summed E-state index contributed by atoms with van der Waals surface area (Å²) in [5, 5.41) is 6.57. The van der Waals surface area contributed by atoms with Gasteiger partial charge in [0, 0.05) is 24.3 Å². The average Bonchev–Trinajstić information content (AvgIpc) is 2.79. The third-order valence-corrected chi connectivity index (χ3v) is 2.77. The SMILES string of the molecule is FC(F)Oc1cccc(NCC2CCCN2)c1. The predicted molar refractivity (Wildman–Crippen MR) is 62.6 cm³/mol. The van der Waals surface area contributed by atoms with Crippen LogP contribution in [0.25, 0.3) is 0 Å². The van der Waals surface area contributed by atoms with Crippen LogP contribution in [0.2, 0.25) is 0 Å². The van der Waals surface area contributed by atoms with Gasteiger partial charge in [0.2, 0.25) is 0 Å². The van der Waals surface area contributed by atoms with Crippen molar-refractivity contribution < 1.29 is 13.5 Å². The summed E-state index contributed by atoms with van der Waals surface area (Å²) in [4.78, 5) is 0. The fourth-order valence-electron chi connectivity index (χ4n) is 1.95. The van der Waals surface area contributed by atoms with Crippen molar-refractivity contribution in [1.29, 1.82) is 0 Å². The molecule has 1 fully saturated rings. The molecule has 1 aromatic rings. The zero-order valence-corrected chi connectivity index (χ0v) is 9.46. The van der Waals surface area contributed by atoms with E-state index in [4.69, 9.17) is 0 Å². The topological polar surface area (TPSA) is 33.3 Å². The second kappa shape index (κ2) is 5.82. The highest BCUT2D eigenvalue weighted by Gasteiger charge is 2.13. The summed E-state index contributed by atoms with van der Waals surface area (Å²) < 4.78 is 28.4. The van der Waals surface area contributed by atoms with Crippen LogP contribution in [0.3, 0.4) is 0 Å². The van der Waals surface area contributed by atoms with Crippen molar-refractivity contribution in [3.63, 3.8) is 0 Å². The molecular weight excluding hydrogens is 226 g/mol. The fourth-order valence-corrected chi connectivity index (χ4v) is 1.95. The van der Waals surface area contributed by atoms with E-state index >= 15 is 0 Å². The number of nitrogens with one attached hydrogen (secondary N) is 2. The van der Waals surface area contributed by atoms with Crippen LogP contribution in [0.4, 0.5) is 14.5 Å². The second-order valence-electron chi connectivity index (χ2n) is 4.08. The van der Waals surface area contributed by atoms with Gasteiger partial charge in [0.05, 0.1) is 0 Å². The Balaban J connectivity index is 1.86. The minimum atomic E-state index is -2.78. The molecule has 1 aliphatic rings. The zero-order chi connectivity index (χ0) is 12.1. The van der Waals surface area contributed by atoms with Crippen LogP contribution in [0.5, 0.6) is 5.75 Å². The molecule has 5 heteroatoms. The lowest BCUT2D eigenvalue weighted by atomic mass is 10.2. The first-order chi connectivity index (χ1) is 8.24. The lowest BCUT2D eigenvalue weighted by molar-refractivity contribution is -0.0498. The minimum absolute atomic E-state index is 0.185. The summed E-state index contributed by atoms with van der Waals surface area (Å²) >= 11 is 0. The highest BCUT2D eigenvalue weighted by atomic mass is 19.3. The number of anilines is 1. The van der Waals surface area contributed by atoms with Gasteiger partial charge in [-0.15, -0.1) is 0 Å². The Morgan fingerprint density at radius 3 is 3.06 bits per heavy atom. The van der Waals surface area contributed by atoms with Crippen molar-refractivity contribution in [2.75, 3.05) is 18.4 Å². The molecule has 1 atom stereocenters. The van der Waals surface area contributed by atoms with Crippen LogP contribution in [-0.2, 0) is 0 Å². The van der Waals surface area contributed by atoms with E-state index in [9.17, 15) is 8.78 Å². The van der Waals surface area contributed by atoms with Gasteiger partial charge in [-0.25, -0.2) is 0 Å². The molecule has 1 aliphatic heterocycles. The van der Waals surface area contributed by atoms with Crippen molar-refractivity contribution >= 4 is 5.69 Å². The molecule has 1 heterocycles. The van der Waals surface area contributed by atoms with Gasteiger partial charge in [0.1, 0.15) is 5.75 Å². The molecular formula is C12H16F2N2O. The minimum Gasteiger partial charge on any atom is -0.435 e. The number of halogens is 2. The average molecular weight is 242 g/mol. The van der Waals surface area contributed by atoms with Crippen molar-refractivity contribution in [3.05, 3.63) is 24.3 Å². The van der Waals surface area contributed by atoms with Crippen LogP contribution in [0.15, 0.2) is 24.3 Å². The zero-order valence-electron chi connectivity index (χ0n) is 9.46. The maximum Gasteiger partial charge on any atom is 0.387 e. The van der Waals surface area contributed by atoms with Crippen LogP contribution in [-0.4, -0.2) is 25.7 Å². The number of ether oxygens (including phenoxy) is 1. The Labute approximate surface area is 99.2 Å². The van der Waals surface area contributed by atoms with Gasteiger partial charge in [-0.3, -0.25) is 0 Å². The molecule has 0 aliphatic carbocycles. The van der Waals surface area contributed by atoms with Crippen molar-refractivity contribution in [3.8, 4) is 5.75 Å². The number of hydrogen-bond acceptors (Lipinski definition) is 3. The summed E-state index contributed by atoms with van der Waals surface area (Å²) in [5.74, 6) is 0.185. The van der Waals surface area contributed by atoms with Crippen LogP contribution < -0.4 is 15.4 Å². The van der Waals surface area contributed by atoms with E-state index in [-0.39, 0.29) is 5.75 Å². The van der Waals surface area contributed by atoms with Gasteiger partial charge in [-0.2, -0.15) is 8.78 Å². The monoisotopic (exact) mass is 242 g/mol. The van der Waals surface area contributed by atoms with E-state index in [1.807, 2.05) is 6.07 Å². The molecule has 0 aromatic heterocycles. The number of rotatable bonds is 5. The fraction of sp³-hybridized carbons (Fsp3) is 0.500. The molecule has 0 saturated carbocycles. The van der Waals surface area contributed by atoms with Gasteiger partial charge in [-0.05, 0) is 31.5 Å². The van der Waals surface area contributed by atoms with Crippen LogP contribution in [0, 0.1) is 0 Å². The molecule has 0 radical (unpaired) electrons. The third kappa shape index (κ3) is 3.85. The van der Waals surface area contributed by atoms with E-state index in [0.717, 1.165) is 25.2 Å². The lowest BCUT2D eigenvalue weighted by Crippen LogP contribution is -2.29. The maximum atomic E-state index is 12.0. The highest BCUT2D eigenvalue weighted by Crippen LogP contribution is 2.19. The Bertz CT molecular complexity index is 354. The van der Waals surface area contributed by atoms with E-state index in [0.29, 0.717) is 6.04 Å². The molecule has 2 rings (SSSR count). The van der Waals surface area contributed by atoms with E-state index in [1.54, 1.807) is 12.1 Å². The number of benzene rings is 1. The predicted octanol–water partition coefficient (Wildman–Crippen LogP) is 2.45. The molecule has 3 nitrogen and oxygen atoms in total. The first-order valence-electron chi connectivity index (χ1n) is 5.76. The molecule has 2 N–H and O–H groups in total. The summed E-state index contributed by atoms with van der Waals surface area (Å²) in [6.45, 7) is -0.916. The van der Waals surface area contributed by atoms with E-state index in [1.165, 1.54) is 12.5 Å². The molecule has 1 aromatic carbocycles. The molecule has 94 valence electrons. The molecule has 1 unspecified atom stereocenters. The smallest absolute Gasteiger partial charge is 0.387 e. The van der Waals surface area contributed by atoms with Gasteiger partial charge in [-0.1, -0.05) is 6.07 Å². The Morgan fingerprint density at radius 1 is 1.47 bits per heavy atom. The first-order valence-corrected chi connectivity index (χ1v) is 5.76.